The molecule has 1 N–H and O–H groups in total. The first-order chi connectivity index (χ1) is 8.79. The van der Waals surface area contributed by atoms with E-state index in [1.165, 1.54) is 6.92 Å². The highest BCUT2D eigenvalue weighted by molar-refractivity contribution is 5.86. The molecule has 0 aliphatic heterocycles. The third-order valence-electron chi connectivity index (χ3n) is 2.43. The van der Waals surface area contributed by atoms with E-state index in [9.17, 15) is 18.0 Å². The standard InChI is InChI=1S/C10H8F3N3O3/c1-5-8(9(17)18)14-15-16(5)4-6-2-3-7(19-6)10(11,12)13/h2-3H,4H2,1H3,(H,17,18). The summed E-state index contributed by atoms with van der Waals surface area (Å²) in [5.41, 5.74) is -0.0138. The van der Waals surface area contributed by atoms with Gasteiger partial charge in [0.25, 0.3) is 0 Å². The number of nitrogens with zero attached hydrogens (tertiary/aromatic N) is 3. The van der Waals surface area contributed by atoms with Gasteiger partial charge in [0.05, 0.1) is 5.69 Å². The van der Waals surface area contributed by atoms with Crippen LogP contribution in [0, 0.1) is 6.92 Å². The molecule has 0 saturated carbocycles. The van der Waals surface area contributed by atoms with Crippen molar-refractivity contribution in [3.8, 4) is 0 Å². The predicted molar refractivity (Wildman–Crippen MR) is 54.5 cm³/mol. The molecule has 9 heteroatoms. The lowest BCUT2D eigenvalue weighted by atomic mass is 10.3. The molecule has 102 valence electrons. The maximum Gasteiger partial charge on any atom is 0.449 e. The zero-order chi connectivity index (χ0) is 14.2. The molecule has 0 saturated heterocycles. The molecular weight excluding hydrogens is 267 g/mol. The number of hydrogen-bond acceptors (Lipinski definition) is 4. The van der Waals surface area contributed by atoms with Gasteiger partial charge in [0, 0.05) is 0 Å². The predicted octanol–water partition coefficient (Wildman–Crippen LogP) is 1.94. The van der Waals surface area contributed by atoms with Crippen molar-refractivity contribution in [1.29, 1.82) is 0 Å². The summed E-state index contributed by atoms with van der Waals surface area (Å²) in [5.74, 6) is -2.35. The highest BCUT2D eigenvalue weighted by Crippen LogP contribution is 2.30. The van der Waals surface area contributed by atoms with Gasteiger partial charge in [-0.1, -0.05) is 5.21 Å². The summed E-state index contributed by atoms with van der Waals surface area (Å²) < 4.78 is 42.7. The summed E-state index contributed by atoms with van der Waals surface area (Å²) in [5, 5.41) is 15.7. The molecule has 2 heterocycles. The number of aromatic carboxylic acids is 1. The molecule has 0 unspecified atom stereocenters. The zero-order valence-electron chi connectivity index (χ0n) is 9.60. The van der Waals surface area contributed by atoms with Gasteiger partial charge in [-0.15, -0.1) is 5.10 Å². The highest BCUT2D eigenvalue weighted by Gasteiger charge is 2.34. The molecule has 6 nitrogen and oxygen atoms in total. The van der Waals surface area contributed by atoms with Crippen LogP contribution < -0.4 is 0 Å². The molecule has 0 aromatic carbocycles. The van der Waals surface area contributed by atoms with Gasteiger partial charge in [0.1, 0.15) is 12.3 Å². The van der Waals surface area contributed by atoms with Crippen LogP contribution in [0.3, 0.4) is 0 Å². The Morgan fingerprint density at radius 1 is 1.47 bits per heavy atom. The second kappa shape index (κ2) is 4.41. The van der Waals surface area contributed by atoms with E-state index in [-0.39, 0.29) is 23.7 Å². The minimum Gasteiger partial charge on any atom is -0.476 e. The molecule has 0 aliphatic carbocycles. The van der Waals surface area contributed by atoms with E-state index in [4.69, 9.17) is 5.11 Å². The summed E-state index contributed by atoms with van der Waals surface area (Å²) in [6.45, 7) is 1.33. The lowest BCUT2D eigenvalue weighted by Crippen LogP contribution is -2.06. The molecule has 0 amide bonds. The molecule has 0 bridgehead atoms. The van der Waals surface area contributed by atoms with Gasteiger partial charge in [0.2, 0.25) is 5.76 Å². The monoisotopic (exact) mass is 275 g/mol. The molecule has 0 spiro atoms. The first-order valence-corrected chi connectivity index (χ1v) is 5.08. The number of carboxylic acids is 1. The molecule has 2 aromatic rings. The van der Waals surface area contributed by atoms with Crippen LogP contribution in [0.25, 0.3) is 0 Å². The van der Waals surface area contributed by atoms with Crippen molar-refractivity contribution in [2.45, 2.75) is 19.6 Å². The van der Waals surface area contributed by atoms with Gasteiger partial charge in [-0.2, -0.15) is 13.2 Å². The lowest BCUT2D eigenvalue weighted by Gasteiger charge is -2.02. The summed E-state index contributed by atoms with van der Waals surface area (Å²) in [6, 6.07) is 1.96. The van der Waals surface area contributed by atoms with Crippen LogP contribution in [-0.4, -0.2) is 26.1 Å². The SMILES string of the molecule is Cc1c(C(=O)O)nnn1Cc1ccc(C(F)(F)F)o1. The minimum atomic E-state index is -4.55. The molecule has 19 heavy (non-hydrogen) atoms. The number of carbonyl (C=O) groups is 1. The smallest absolute Gasteiger partial charge is 0.449 e. The molecule has 2 rings (SSSR count). The van der Waals surface area contributed by atoms with Gasteiger partial charge in [-0.05, 0) is 19.1 Å². The zero-order valence-corrected chi connectivity index (χ0v) is 9.60. The van der Waals surface area contributed by atoms with Gasteiger partial charge < -0.3 is 9.52 Å². The highest BCUT2D eigenvalue weighted by atomic mass is 19.4. The number of carboxylic acid groups (broad SMARTS) is 1. The van der Waals surface area contributed by atoms with Gasteiger partial charge >= 0.3 is 12.1 Å². The largest absolute Gasteiger partial charge is 0.476 e. The molecular formula is C10H8F3N3O3. The summed E-state index contributed by atoms with van der Waals surface area (Å²) >= 11 is 0. The fraction of sp³-hybridized carbons (Fsp3) is 0.300. The molecule has 0 atom stereocenters. The maximum absolute atomic E-state index is 12.3. The molecule has 0 fully saturated rings. The van der Waals surface area contributed by atoms with Crippen molar-refractivity contribution in [2.75, 3.05) is 0 Å². The lowest BCUT2D eigenvalue weighted by molar-refractivity contribution is -0.153. The van der Waals surface area contributed by atoms with E-state index < -0.39 is 17.9 Å². The number of hydrogen-bond donors (Lipinski definition) is 1. The van der Waals surface area contributed by atoms with Gasteiger partial charge in [-0.25, -0.2) is 9.48 Å². The summed E-state index contributed by atoms with van der Waals surface area (Å²) in [4.78, 5) is 10.7. The fourth-order valence-corrected chi connectivity index (χ4v) is 1.47. The average molecular weight is 275 g/mol. The van der Waals surface area contributed by atoms with Crippen LogP contribution in [0.5, 0.6) is 0 Å². The van der Waals surface area contributed by atoms with Crippen molar-refractivity contribution in [1.82, 2.24) is 15.0 Å². The topological polar surface area (TPSA) is 81.1 Å². The molecule has 2 aromatic heterocycles. The Hall–Kier alpha value is -2.32. The van der Waals surface area contributed by atoms with Crippen LogP contribution in [-0.2, 0) is 12.7 Å². The van der Waals surface area contributed by atoms with Crippen molar-refractivity contribution in [3.05, 3.63) is 35.0 Å². The third-order valence-corrected chi connectivity index (χ3v) is 2.43. The Morgan fingerprint density at radius 3 is 2.63 bits per heavy atom. The van der Waals surface area contributed by atoms with E-state index in [1.807, 2.05) is 0 Å². The van der Waals surface area contributed by atoms with Crippen LogP contribution in [0.1, 0.15) is 27.7 Å². The molecule has 0 radical (unpaired) electrons. The van der Waals surface area contributed by atoms with E-state index in [0.29, 0.717) is 0 Å². The van der Waals surface area contributed by atoms with Gasteiger partial charge in [0.15, 0.2) is 5.69 Å². The van der Waals surface area contributed by atoms with E-state index in [1.54, 1.807) is 0 Å². The van der Waals surface area contributed by atoms with E-state index in [0.717, 1.165) is 16.8 Å². The van der Waals surface area contributed by atoms with E-state index >= 15 is 0 Å². The Labute approximate surface area is 104 Å². The number of halogens is 3. The average Bonchev–Trinajstić information content (AvgIpc) is 2.87. The van der Waals surface area contributed by atoms with Crippen molar-refractivity contribution in [2.24, 2.45) is 0 Å². The second-order valence-electron chi connectivity index (χ2n) is 3.75. The number of furan rings is 1. The maximum atomic E-state index is 12.3. The Bertz CT molecular complexity index is 615. The number of alkyl halides is 3. The quantitative estimate of drug-likeness (QED) is 0.925. The van der Waals surface area contributed by atoms with Crippen LogP contribution in [0.4, 0.5) is 13.2 Å². The van der Waals surface area contributed by atoms with Crippen molar-refractivity contribution >= 4 is 5.97 Å². The first kappa shape index (κ1) is 13.1. The third kappa shape index (κ3) is 2.59. The van der Waals surface area contributed by atoms with Crippen LogP contribution >= 0.6 is 0 Å². The van der Waals surface area contributed by atoms with Crippen molar-refractivity contribution < 1.29 is 27.5 Å². The Balaban J connectivity index is 2.22. The van der Waals surface area contributed by atoms with E-state index in [2.05, 4.69) is 14.7 Å². The second-order valence-corrected chi connectivity index (χ2v) is 3.75. The minimum absolute atomic E-state index is 0.0114. The normalized spacial score (nSPS) is 11.8. The number of rotatable bonds is 3. The first-order valence-electron chi connectivity index (χ1n) is 5.08. The van der Waals surface area contributed by atoms with Gasteiger partial charge in [-0.3, -0.25) is 0 Å². The summed E-state index contributed by atoms with van der Waals surface area (Å²) in [6.07, 6.45) is -4.55. The van der Waals surface area contributed by atoms with Crippen molar-refractivity contribution in [3.63, 3.8) is 0 Å². The molecule has 0 aliphatic rings. The fourth-order valence-electron chi connectivity index (χ4n) is 1.47. The van der Waals surface area contributed by atoms with Crippen LogP contribution in [0.2, 0.25) is 0 Å². The Kier molecular flexibility index (Phi) is 3.05. The van der Waals surface area contributed by atoms with Crippen LogP contribution in [0.15, 0.2) is 16.5 Å². The number of aromatic nitrogens is 3. The Morgan fingerprint density at radius 2 is 2.16 bits per heavy atom. The summed E-state index contributed by atoms with van der Waals surface area (Å²) in [7, 11) is 0.